The molecule has 2 aromatic rings. The van der Waals surface area contributed by atoms with Gasteiger partial charge in [-0.25, -0.2) is 10.8 Å². The van der Waals surface area contributed by atoms with E-state index in [1.165, 1.54) is 6.42 Å². The van der Waals surface area contributed by atoms with E-state index in [1.807, 2.05) is 37.4 Å². The summed E-state index contributed by atoms with van der Waals surface area (Å²) in [5.74, 6) is 6.01. The van der Waals surface area contributed by atoms with Gasteiger partial charge in [-0.1, -0.05) is 24.3 Å². The van der Waals surface area contributed by atoms with Crippen molar-refractivity contribution in [1.29, 1.82) is 0 Å². The first-order chi connectivity index (χ1) is 9.70. The Morgan fingerprint density at radius 1 is 1.40 bits per heavy atom. The lowest BCUT2D eigenvalue weighted by atomic mass is 9.91. The summed E-state index contributed by atoms with van der Waals surface area (Å²) in [5.41, 5.74) is 3.02. The van der Waals surface area contributed by atoms with E-state index in [9.17, 15) is 4.79 Å². The monoisotopic (exact) mass is 270 g/mol. The van der Waals surface area contributed by atoms with E-state index < -0.39 is 0 Å². The van der Waals surface area contributed by atoms with Crippen molar-refractivity contribution in [3.63, 3.8) is 0 Å². The first-order valence-corrected chi connectivity index (χ1v) is 6.84. The van der Waals surface area contributed by atoms with Crippen LogP contribution >= 0.6 is 0 Å². The molecular weight excluding hydrogens is 252 g/mol. The summed E-state index contributed by atoms with van der Waals surface area (Å²) in [7, 11) is 1.85. The number of nitrogens with one attached hydrogen (secondary N) is 1. The quantitative estimate of drug-likeness (QED) is 0.662. The molecule has 3 rings (SSSR count). The molecule has 0 bridgehead atoms. The van der Waals surface area contributed by atoms with Crippen LogP contribution in [0.4, 0.5) is 5.82 Å². The molecule has 1 aliphatic rings. The van der Waals surface area contributed by atoms with Crippen molar-refractivity contribution in [2.45, 2.75) is 25.3 Å². The third kappa shape index (κ3) is 2.10. The fraction of sp³-hybridized carbons (Fsp3) is 0.333. The van der Waals surface area contributed by atoms with Gasteiger partial charge in [-0.15, -0.1) is 0 Å². The molecule has 1 amide bonds. The molecule has 1 saturated carbocycles. The zero-order valence-corrected chi connectivity index (χ0v) is 11.5. The lowest BCUT2D eigenvalue weighted by Gasteiger charge is -2.34. The average Bonchev–Trinajstić information content (AvgIpc) is 2.43. The summed E-state index contributed by atoms with van der Waals surface area (Å²) in [4.78, 5) is 18.6. The van der Waals surface area contributed by atoms with E-state index in [0.29, 0.717) is 17.6 Å². The molecule has 5 heteroatoms. The summed E-state index contributed by atoms with van der Waals surface area (Å²) in [6, 6.07) is 9.93. The summed E-state index contributed by atoms with van der Waals surface area (Å²) in [5, 5.41) is 1.87. The molecule has 104 valence electrons. The Labute approximate surface area is 117 Å². The third-order valence-electron chi connectivity index (χ3n) is 4.04. The first-order valence-electron chi connectivity index (χ1n) is 6.84. The zero-order chi connectivity index (χ0) is 14.1. The third-order valence-corrected chi connectivity index (χ3v) is 4.04. The second-order valence-electron chi connectivity index (χ2n) is 5.22. The van der Waals surface area contributed by atoms with Crippen LogP contribution in [0.15, 0.2) is 30.3 Å². The van der Waals surface area contributed by atoms with E-state index >= 15 is 0 Å². The smallest absolute Gasteiger partial charge is 0.272 e. The Bertz CT molecular complexity index is 651. The van der Waals surface area contributed by atoms with Gasteiger partial charge in [0.2, 0.25) is 0 Å². The minimum absolute atomic E-state index is 0.0445. The van der Waals surface area contributed by atoms with Crippen molar-refractivity contribution in [3.8, 4) is 0 Å². The van der Waals surface area contributed by atoms with Crippen LogP contribution in [0, 0.1) is 0 Å². The van der Waals surface area contributed by atoms with Crippen molar-refractivity contribution in [1.82, 2.24) is 9.88 Å². The fourth-order valence-electron chi connectivity index (χ4n) is 2.54. The van der Waals surface area contributed by atoms with Crippen LogP contribution in [0.1, 0.15) is 29.8 Å². The number of benzene rings is 1. The van der Waals surface area contributed by atoms with Crippen molar-refractivity contribution in [2.75, 3.05) is 12.5 Å². The van der Waals surface area contributed by atoms with Crippen LogP contribution in [0.25, 0.3) is 10.8 Å². The molecule has 1 aromatic heterocycles. The highest BCUT2D eigenvalue weighted by molar-refractivity contribution is 6.00. The number of nitrogens with zero attached hydrogens (tertiary/aromatic N) is 2. The molecule has 20 heavy (non-hydrogen) atoms. The average molecular weight is 270 g/mol. The number of nitrogen functional groups attached to an aromatic ring is 1. The number of fused-ring (bicyclic) bond motifs is 1. The number of aromatic nitrogens is 1. The minimum Gasteiger partial charge on any atom is -0.337 e. The summed E-state index contributed by atoms with van der Waals surface area (Å²) < 4.78 is 0. The van der Waals surface area contributed by atoms with E-state index in [0.717, 1.165) is 23.6 Å². The Morgan fingerprint density at radius 2 is 2.15 bits per heavy atom. The standard InChI is InChI=1S/C15H18N4O/c1-19(11-6-4-7-11)15(20)13-9-10-5-2-3-8-12(10)14(17-13)18-16/h2-3,5,8-9,11H,4,6-7,16H2,1H3,(H,17,18). The van der Waals surface area contributed by atoms with Gasteiger partial charge in [-0.3, -0.25) is 4.79 Å². The predicted molar refractivity (Wildman–Crippen MR) is 79.3 cm³/mol. The molecule has 1 aromatic carbocycles. The largest absolute Gasteiger partial charge is 0.337 e. The van der Waals surface area contributed by atoms with Gasteiger partial charge in [-0.2, -0.15) is 0 Å². The number of anilines is 1. The number of rotatable bonds is 3. The SMILES string of the molecule is CN(C(=O)c1cc2ccccc2c(NN)n1)C1CCC1. The highest BCUT2D eigenvalue weighted by Crippen LogP contribution is 2.26. The highest BCUT2D eigenvalue weighted by Gasteiger charge is 2.27. The van der Waals surface area contributed by atoms with Gasteiger partial charge in [-0.05, 0) is 30.7 Å². The van der Waals surface area contributed by atoms with E-state index in [2.05, 4.69) is 10.4 Å². The normalized spacial score (nSPS) is 14.9. The maximum atomic E-state index is 12.5. The number of carbonyl (C=O) groups excluding carboxylic acids is 1. The lowest BCUT2D eigenvalue weighted by molar-refractivity contribution is 0.0646. The molecule has 5 nitrogen and oxygen atoms in total. The molecule has 0 unspecified atom stereocenters. The van der Waals surface area contributed by atoms with Crippen LogP contribution in [-0.2, 0) is 0 Å². The lowest BCUT2D eigenvalue weighted by Crippen LogP contribution is -2.41. The fourth-order valence-corrected chi connectivity index (χ4v) is 2.54. The van der Waals surface area contributed by atoms with Crippen LogP contribution in [-0.4, -0.2) is 28.9 Å². The van der Waals surface area contributed by atoms with Gasteiger partial charge in [0.1, 0.15) is 11.5 Å². The molecule has 0 aliphatic heterocycles. The van der Waals surface area contributed by atoms with Crippen molar-refractivity contribution < 1.29 is 4.79 Å². The Morgan fingerprint density at radius 3 is 2.80 bits per heavy atom. The van der Waals surface area contributed by atoms with Gasteiger partial charge in [0, 0.05) is 18.5 Å². The Hall–Kier alpha value is -2.14. The van der Waals surface area contributed by atoms with E-state index in [-0.39, 0.29) is 5.91 Å². The van der Waals surface area contributed by atoms with Crippen LogP contribution in [0.2, 0.25) is 0 Å². The Kier molecular flexibility index (Phi) is 3.28. The van der Waals surface area contributed by atoms with Crippen molar-refractivity contribution in [2.24, 2.45) is 5.84 Å². The van der Waals surface area contributed by atoms with Gasteiger partial charge >= 0.3 is 0 Å². The maximum absolute atomic E-state index is 12.5. The number of carbonyl (C=O) groups is 1. The molecule has 1 fully saturated rings. The number of nitrogens with two attached hydrogens (primary N) is 1. The van der Waals surface area contributed by atoms with Crippen LogP contribution in [0.5, 0.6) is 0 Å². The van der Waals surface area contributed by atoms with Gasteiger partial charge in [0.05, 0.1) is 0 Å². The highest BCUT2D eigenvalue weighted by atomic mass is 16.2. The number of amides is 1. The number of hydrogen-bond donors (Lipinski definition) is 2. The molecule has 0 saturated heterocycles. The van der Waals surface area contributed by atoms with Gasteiger partial charge < -0.3 is 10.3 Å². The van der Waals surface area contributed by atoms with E-state index in [1.54, 1.807) is 4.90 Å². The molecule has 1 aliphatic carbocycles. The summed E-state index contributed by atoms with van der Waals surface area (Å²) in [6.45, 7) is 0. The predicted octanol–water partition coefficient (Wildman–Crippen LogP) is 2.14. The maximum Gasteiger partial charge on any atom is 0.272 e. The summed E-state index contributed by atoms with van der Waals surface area (Å²) >= 11 is 0. The molecule has 1 heterocycles. The summed E-state index contributed by atoms with van der Waals surface area (Å²) in [6.07, 6.45) is 3.36. The molecule has 0 atom stereocenters. The van der Waals surface area contributed by atoms with Crippen LogP contribution < -0.4 is 11.3 Å². The topological polar surface area (TPSA) is 71.2 Å². The number of hydrogen-bond acceptors (Lipinski definition) is 4. The Balaban J connectivity index is 2.00. The van der Waals surface area contributed by atoms with Crippen molar-refractivity contribution >= 4 is 22.5 Å². The zero-order valence-electron chi connectivity index (χ0n) is 11.5. The van der Waals surface area contributed by atoms with E-state index in [4.69, 9.17) is 5.84 Å². The number of pyridine rings is 1. The van der Waals surface area contributed by atoms with Gasteiger partial charge in [0.25, 0.3) is 5.91 Å². The van der Waals surface area contributed by atoms with Gasteiger partial charge in [0.15, 0.2) is 0 Å². The minimum atomic E-state index is -0.0445. The number of hydrazine groups is 1. The van der Waals surface area contributed by atoms with Crippen molar-refractivity contribution in [3.05, 3.63) is 36.0 Å². The second-order valence-corrected chi connectivity index (χ2v) is 5.22. The first kappa shape index (κ1) is 12.9. The van der Waals surface area contributed by atoms with Crippen LogP contribution in [0.3, 0.4) is 0 Å². The molecule has 0 spiro atoms. The second kappa shape index (κ2) is 5.09. The molecular formula is C15H18N4O. The molecule has 0 radical (unpaired) electrons. The molecule has 3 N–H and O–H groups in total.